The Balaban J connectivity index is 0.00000113. The lowest BCUT2D eigenvalue weighted by Gasteiger charge is -2.10. The number of aryl methyl sites for hydroxylation is 1. The van der Waals surface area contributed by atoms with Crippen LogP contribution in [0.2, 0.25) is 0 Å². The van der Waals surface area contributed by atoms with E-state index < -0.39 is 0 Å². The van der Waals surface area contributed by atoms with Crippen LogP contribution in [0.3, 0.4) is 0 Å². The van der Waals surface area contributed by atoms with E-state index in [1.807, 2.05) is 107 Å². The molecule has 3 aromatic rings. The van der Waals surface area contributed by atoms with E-state index in [1.54, 1.807) is 6.26 Å². The highest BCUT2D eigenvalue weighted by Gasteiger charge is 2.10. The number of nitrogens with zero attached hydrogens (tertiary/aromatic N) is 2. The number of benzene rings is 3. The van der Waals surface area contributed by atoms with Crippen LogP contribution in [-0.4, -0.2) is 17.8 Å². The summed E-state index contributed by atoms with van der Waals surface area (Å²) >= 11 is 3.53. The quantitative estimate of drug-likeness (QED) is 0.197. The minimum absolute atomic E-state index is 0.558. The van der Waals surface area contributed by atoms with E-state index in [-0.39, 0.29) is 0 Å². The van der Waals surface area contributed by atoms with Gasteiger partial charge < -0.3 is 5.73 Å². The Bertz CT molecular complexity index is 1010. The predicted octanol–water partition coefficient (Wildman–Crippen LogP) is 7.08. The molecule has 3 aromatic carbocycles. The van der Waals surface area contributed by atoms with Gasteiger partial charge in [0.15, 0.2) is 5.84 Å². The van der Waals surface area contributed by atoms with E-state index >= 15 is 0 Å². The average molecular weight is 432 g/mol. The molecular weight excluding hydrogens is 398 g/mol. The van der Waals surface area contributed by atoms with E-state index in [2.05, 4.69) is 19.2 Å². The zero-order valence-electron chi connectivity index (χ0n) is 19.1. The van der Waals surface area contributed by atoms with Gasteiger partial charge in [-0.15, -0.1) is 0 Å². The molecule has 0 aromatic heterocycles. The second kappa shape index (κ2) is 14.0. The summed E-state index contributed by atoms with van der Waals surface area (Å²) in [7, 11) is 0. The van der Waals surface area contributed by atoms with Crippen molar-refractivity contribution in [3.63, 3.8) is 0 Å². The molecule has 0 aliphatic rings. The zero-order chi connectivity index (χ0) is 23.2. The molecule has 162 valence electrons. The van der Waals surface area contributed by atoms with E-state index in [4.69, 9.17) is 15.7 Å². The van der Waals surface area contributed by atoms with E-state index in [0.717, 1.165) is 28.0 Å². The molecule has 0 spiro atoms. The van der Waals surface area contributed by atoms with Crippen LogP contribution >= 0.6 is 12.6 Å². The number of hydrogen-bond acceptors (Lipinski definition) is 3. The van der Waals surface area contributed by atoms with Crippen molar-refractivity contribution in [3.05, 3.63) is 108 Å². The second-order valence-electron chi connectivity index (χ2n) is 6.40. The first-order valence-corrected chi connectivity index (χ1v) is 11.2. The molecule has 0 unspecified atom stereocenters. The van der Waals surface area contributed by atoms with Crippen LogP contribution in [0.15, 0.2) is 95.4 Å². The molecule has 0 atom stereocenters. The summed E-state index contributed by atoms with van der Waals surface area (Å²) in [6, 6.07) is 25.8. The van der Waals surface area contributed by atoms with Gasteiger partial charge in [-0.05, 0) is 48.9 Å². The summed E-state index contributed by atoms with van der Waals surface area (Å²) in [6.07, 6.45) is 1.69. The average Bonchev–Trinajstić information content (AvgIpc) is 2.82. The van der Waals surface area contributed by atoms with Crippen molar-refractivity contribution in [2.45, 2.75) is 27.7 Å². The fraction of sp³-hybridized carbons (Fsp3) is 0.185. The van der Waals surface area contributed by atoms with Crippen LogP contribution in [0.25, 0.3) is 5.70 Å². The molecule has 31 heavy (non-hydrogen) atoms. The van der Waals surface area contributed by atoms with Crippen LogP contribution in [0.4, 0.5) is 5.69 Å². The molecule has 4 heteroatoms. The summed E-state index contributed by atoms with van der Waals surface area (Å²) in [6.45, 7) is 12.1. The number of rotatable bonds is 4. The number of thiol groups is 1. The van der Waals surface area contributed by atoms with E-state index in [1.165, 1.54) is 0 Å². The molecule has 0 amide bonds. The number of nitrogens with two attached hydrogens (primary N) is 1. The smallest absolute Gasteiger partial charge is 0.162 e. The summed E-state index contributed by atoms with van der Waals surface area (Å²) in [5, 5.41) is 0. The molecule has 0 saturated heterocycles. The monoisotopic (exact) mass is 431 g/mol. The Hall–Kier alpha value is -3.11. The SMILES string of the molecule is C=C(N=C(N=C(C)c1ccccc1)c1ccc(C)cc1N)c1ccccc1.CC.CS. The molecule has 0 radical (unpaired) electrons. The van der Waals surface area contributed by atoms with E-state index in [9.17, 15) is 0 Å². The van der Waals surface area contributed by atoms with Crippen LogP contribution in [-0.2, 0) is 0 Å². The molecule has 3 rings (SSSR count). The van der Waals surface area contributed by atoms with Gasteiger partial charge in [0.1, 0.15) is 0 Å². The van der Waals surface area contributed by atoms with Gasteiger partial charge in [-0.25, -0.2) is 9.98 Å². The maximum atomic E-state index is 6.27. The summed E-state index contributed by atoms with van der Waals surface area (Å²) < 4.78 is 0. The number of hydrogen-bond donors (Lipinski definition) is 2. The predicted molar refractivity (Wildman–Crippen MR) is 143 cm³/mol. The third-order valence-corrected chi connectivity index (χ3v) is 4.26. The van der Waals surface area contributed by atoms with Crippen molar-refractivity contribution >= 4 is 35.6 Å². The lowest BCUT2D eigenvalue weighted by atomic mass is 10.1. The molecule has 0 bridgehead atoms. The Morgan fingerprint density at radius 2 is 1.32 bits per heavy atom. The minimum Gasteiger partial charge on any atom is -0.398 e. The number of anilines is 1. The van der Waals surface area contributed by atoms with Crippen molar-refractivity contribution in [3.8, 4) is 0 Å². The van der Waals surface area contributed by atoms with Gasteiger partial charge in [0, 0.05) is 17.0 Å². The van der Waals surface area contributed by atoms with Gasteiger partial charge in [-0.1, -0.05) is 87.2 Å². The van der Waals surface area contributed by atoms with Crippen LogP contribution in [0.5, 0.6) is 0 Å². The first-order chi connectivity index (χ1) is 15.0. The minimum atomic E-state index is 0.558. The third kappa shape index (κ3) is 7.91. The molecule has 2 N–H and O–H groups in total. The Kier molecular flexibility index (Phi) is 11.7. The largest absolute Gasteiger partial charge is 0.398 e. The van der Waals surface area contributed by atoms with Gasteiger partial charge >= 0.3 is 0 Å². The van der Waals surface area contributed by atoms with Crippen LogP contribution in [0, 0.1) is 6.92 Å². The highest BCUT2D eigenvalue weighted by molar-refractivity contribution is 7.79. The standard InChI is InChI=1S/C24H23N3.C2H6.CH4S/c1-17-14-15-22(23(25)16-17)24(26-18(2)20-10-6-4-7-11-20)27-19(3)21-12-8-5-9-13-21;2*1-2/h4-16H,2,25H2,1,3H3;1-2H3;2H,1H3. The van der Waals surface area contributed by atoms with Crippen molar-refractivity contribution in [2.24, 2.45) is 9.98 Å². The fourth-order valence-corrected chi connectivity index (χ4v) is 2.76. The molecule has 0 heterocycles. The van der Waals surface area contributed by atoms with E-state index in [0.29, 0.717) is 17.2 Å². The molecule has 0 aliphatic carbocycles. The maximum Gasteiger partial charge on any atom is 0.162 e. The lowest BCUT2D eigenvalue weighted by Crippen LogP contribution is -2.07. The number of nitrogen functional groups attached to an aromatic ring is 1. The van der Waals surface area contributed by atoms with Crippen LogP contribution in [0.1, 0.15) is 43.0 Å². The summed E-state index contributed by atoms with van der Waals surface area (Å²) in [4.78, 5) is 9.53. The van der Waals surface area contributed by atoms with Gasteiger partial charge in [0.2, 0.25) is 0 Å². The maximum absolute atomic E-state index is 6.27. The Morgan fingerprint density at radius 3 is 1.84 bits per heavy atom. The van der Waals surface area contributed by atoms with Gasteiger partial charge in [0.05, 0.1) is 5.70 Å². The fourth-order valence-electron chi connectivity index (χ4n) is 2.76. The molecular formula is C27H33N3S. The second-order valence-corrected chi connectivity index (χ2v) is 6.40. The molecule has 0 aliphatic heterocycles. The highest BCUT2D eigenvalue weighted by atomic mass is 32.1. The first kappa shape index (κ1) is 25.9. The Labute approximate surface area is 192 Å². The molecule has 0 fully saturated rings. The van der Waals surface area contributed by atoms with Crippen molar-refractivity contribution in [1.29, 1.82) is 0 Å². The van der Waals surface area contributed by atoms with Crippen molar-refractivity contribution in [1.82, 2.24) is 0 Å². The molecule has 3 nitrogen and oxygen atoms in total. The van der Waals surface area contributed by atoms with Gasteiger partial charge in [0.25, 0.3) is 0 Å². The number of amidine groups is 1. The van der Waals surface area contributed by atoms with Crippen LogP contribution < -0.4 is 5.73 Å². The van der Waals surface area contributed by atoms with Crippen molar-refractivity contribution in [2.75, 3.05) is 12.0 Å². The lowest BCUT2D eigenvalue weighted by molar-refractivity contribution is 1.41. The third-order valence-electron chi connectivity index (χ3n) is 4.26. The normalized spacial score (nSPS) is 10.9. The topological polar surface area (TPSA) is 50.7 Å². The van der Waals surface area contributed by atoms with Crippen molar-refractivity contribution < 1.29 is 0 Å². The zero-order valence-corrected chi connectivity index (χ0v) is 20.0. The molecule has 0 saturated carbocycles. The Morgan fingerprint density at radius 1 is 0.806 bits per heavy atom. The highest BCUT2D eigenvalue weighted by Crippen LogP contribution is 2.20. The number of aliphatic imine (C=N–C) groups is 2. The first-order valence-electron chi connectivity index (χ1n) is 10.3. The van der Waals surface area contributed by atoms with Gasteiger partial charge in [-0.2, -0.15) is 12.6 Å². The summed E-state index contributed by atoms with van der Waals surface area (Å²) in [5.74, 6) is 0.558. The summed E-state index contributed by atoms with van der Waals surface area (Å²) in [5.41, 5.74) is 12.3. The van der Waals surface area contributed by atoms with Gasteiger partial charge in [-0.3, -0.25) is 0 Å².